The van der Waals surface area contributed by atoms with E-state index >= 15 is 4.39 Å². The molecule has 0 aliphatic heterocycles. The summed E-state index contributed by atoms with van der Waals surface area (Å²) in [5.74, 6) is -1.47. The SMILES string of the molecule is C[C@H](c1ccccc1)C(F)(S(=O)(=O)c1ccccc1)S(=O)(=O)c1ccccc1. The number of halogens is 1. The molecule has 0 N–H and O–H groups in total. The van der Waals surface area contributed by atoms with Gasteiger partial charge in [-0.2, -0.15) is 0 Å². The molecular formula is C21H19FO4S2. The van der Waals surface area contributed by atoms with Crippen molar-refractivity contribution in [1.29, 1.82) is 0 Å². The molecule has 3 aromatic rings. The normalized spacial score (nSPS) is 13.8. The maximum absolute atomic E-state index is 16.6. The van der Waals surface area contributed by atoms with Crippen LogP contribution < -0.4 is 0 Å². The molecule has 0 aliphatic rings. The maximum Gasteiger partial charge on any atom is 0.324 e. The van der Waals surface area contributed by atoms with Crippen molar-refractivity contribution in [3.8, 4) is 0 Å². The Labute approximate surface area is 164 Å². The number of sulfone groups is 2. The average Bonchev–Trinajstić information content (AvgIpc) is 2.74. The highest BCUT2D eigenvalue weighted by atomic mass is 32.3. The van der Waals surface area contributed by atoms with Gasteiger partial charge in [0.1, 0.15) is 0 Å². The molecule has 0 saturated heterocycles. The summed E-state index contributed by atoms with van der Waals surface area (Å²) in [5.41, 5.74) is 0.268. The Morgan fingerprint density at radius 1 is 0.643 bits per heavy atom. The number of rotatable bonds is 6. The fourth-order valence-corrected chi connectivity index (χ4v) is 7.68. The lowest BCUT2D eigenvalue weighted by atomic mass is 10.0. The van der Waals surface area contributed by atoms with Gasteiger partial charge in [-0.05, 0) is 29.8 Å². The third kappa shape index (κ3) is 3.14. The molecule has 0 bridgehead atoms. The molecule has 146 valence electrons. The van der Waals surface area contributed by atoms with Crippen LogP contribution in [0.15, 0.2) is 101 Å². The van der Waals surface area contributed by atoms with Crippen molar-refractivity contribution in [2.75, 3.05) is 0 Å². The standard InChI is InChI=1S/C21H19FO4S2/c1-17(18-11-5-2-6-12-18)21(22,27(23,24)19-13-7-3-8-14-19)28(25,26)20-15-9-4-10-16-20/h2-17H,1H3/t17-/m1/s1. The first-order valence-corrected chi connectivity index (χ1v) is 11.5. The molecule has 0 fully saturated rings. The van der Waals surface area contributed by atoms with E-state index in [1.54, 1.807) is 30.3 Å². The molecule has 0 aromatic heterocycles. The zero-order valence-corrected chi connectivity index (χ0v) is 16.7. The van der Waals surface area contributed by atoms with Crippen LogP contribution in [0.5, 0.6) is 0 Å². The summed E-state index contributed by atoms with van der Waals surface area (Å²) in [6.07, 6.45) is 0. The maximum atomic E-state index is 16.6. The smallest absolute Gasteiger partial charge is 0.219 e. The third-order valence-electron chi connectivity index (χ3n) is 4.66. The van der Waals surface area contributed by atoms with Gasteiger partial charge in [0.2, 0.25) is 19.7 Å². The van der Waals surface area contributed by atoms with Crippen LogP contribution in [0.2, 0.25) is 0 Å². The average molecular weight is 419 g/mol. The van der Waals surface area contributed by atoms with Crippen LogP contribution in [-0.2, 0) is 19.7 Å². The summed E-state index contributed by atoms with van der Waals surface area (Å²) in [6.45, 7) is 1.27. The first kappa shape index (κ1) is 20.2. The predicted molar refractivity (Wildman–Crippen MR) is 106 cm³/mol. The van der Waals surface area contributed by atoms with Crippen LogP contribution in [0.25, 0.3) is 0 Å². The van der Waals surface area contributed by atoms with Gasteiger partial charge in [0.15, 0.2) is 0 Å². The number of benzene rings is 3. The Bertz CT molecular complexity index is 1080. The molecule has 28 heavy (non-hydrogen) atoms. The van der Waals surface area contributed by atoms with E-state index in [2.05, 4.69) is 0 Å². The molecule has 1 atom stereocenters. The van der Waals surface area contributed by atoms with Crippen molar-refractivity contribution in [1.82, 2.24) is 0 Å². The van der Waals surface area contributed by atoms with Gasteiger partial charge in [-0.25, -0.2) is 21.2 Å². The van der Waals surface area contributed by atoms with Gasteiger partial charge in [0.25, 0.3) is 0 Å². The summed E-state index contributed by atoms with van der Waals surface area (Å²) >= 11 is 0. The number of hydrogen-bond donors (Lipinski definition) is 0. The van der Waals surface area contributed by atoms with E-state index in [-0.39, 0.29) is 15.4 Å². The molecule has 0 aliphatic carbocycles. The zero-order chi connectivity index (χ0) is 20.4. The highest BCUT2D eigenvalue weighted by molar-refractivity contribution is 8.10. The van der Waals surface area contributed by atoms with Gasteiger partial charge in [-0.3, -0.25) is 0 Å². The second-order valence-electron chi connectivity index (χ2n) is 6.35. The minimum absolute atomic E-state index is 0.268. The first-order chi connectivity index (χ1) is 13.2. The van der Waals surface area contributed by atoms with Crippen LogP contribution in [0.1, 0.15) is 18.4 Å². The summed E-state index contributed by atoms with van der Waals surface area (Å²) in [5, 5.41) is 0. The van der Waals surface area contributed by atoms with Crippen LogP contribution in [-0.4, -0.2) is 21.2 Å². The fraction of sp³-hybridized carbons (Fsp3) is 0.143. The molecule has 7 heteroatoms. The summed E-state index contributed by atoms with van der Waals surface area (Å²) in [7, 11) is -9.82. The van der Waals surface area contributed by atoms with Crippen molar-refractivity contribution >= 4 is 19.7 Å². The molecule has 0 amide bonds. The van der Waals surface area contributed by atoms with E-state index < -0.39 is 29.9 Å². The van der Waals surface area contributed by atoms with Crippen molar-refractivity contribution in [3.63, 3.8) is 0 Å². The minimum atomic E-state index is -4.91. The van der Waals surface area contributed by atoms with E-state index in [1.165, 1.54) is 67.6 Å². The van der Waals surface area contributed by atoms with Crippen LogP contribution in [0, 0.1) is 0 Å². The number of hydrogen-bond acceptors (Lipinski definition) is 4. The molecule has 0 heterocycles. The summed E-state index contributed by atoms with van der Waals surface area (Å²) in [4.78, 5) is -0.778. The van der Waals surface area contributed by atoms with Crippen molar-refractivity contribution in [2.24, 2.45) is 0 Å². The lowest BCUT2D eigenvalue weighted by Gasteiger charge is -2.31. The lowest BCUT2D eigenvalue weighted by Crippen LogP contribution is -2.46. The second kappa shape index (κ2) is 7.48. The molecule has 3 aromatic carbocycles. The van der Waals surface area contributed by atoms with Gasteiger partial charge in [0, 0.05) is 5.92 Å². The van der Waals surface area contributed by atoms with Gasteiger partial charge in [-0.1, -0.05) is 73.7 Å². The highest BCUT2D eigenvalue weighted by Crippen LogP contribution is 2.46. The van der Waals surface area contributed by atoms with E-state index in [9.17, 15) is 16.8 Å². The van der Waals surface area contributed by atoms with Gasteiger partial charge >= 0.3 is 4.33 Å². The van der Waals surface area contributed by atoms with Crippen molar-refractivity contribution < 1.29 is 21.2 Å². The lowest BCUT2D eigenvalue weighted by molar-refractivity contribution is 0.316. The summed E-state index contributed by atoms with van der Waals surface area (Å²) in [6, 6.07) is 21.6. The van der Waals surface area contributed by atoms with Crippen LogP contribution >= 0.6 is 0 Å². The van der Waals surface area contributed by atoms with Crippen molar-refractivity contribution in [2.45, 2.75) is 27.0 Å². The van der Waals surface area contributed by atoms with E-state index in [0.29, 0.717) is 0 Å². The second-order valence-corrected chi connectivity index (χ2v) is 10.8. The Morgan fingerprint density at radius 2 is 0.964 bits per heavy atom. The highest BCUT2D eigenvalue weighted by Gasteiger charge is 2.61. The molecule has 0 spiro atoms. The fourth-order valence-electron chi connectivity index (χ4n) is 3.07. The monoisotopic (exact) mass is 418 g/mol. The first-order valence-electron chi connectivity index (χ1n) is 8.56. The Morgan fingerprint density at radius 3 is 1.32 bits per heavy atom. The predicted octanol–water partition coefficient (Wildman–Crippen LogP) is 4.36. The van der Waals surface area contributed by atoms with E-state index in [1.807, 2.05) is 0 Å². The van der Waals surface area contributed by atoms with Gasteiger partial charge in [0.05, 0.1) is 9.79 Å². The summed E-state index contributed by atoms with van der Waals surface area (Å²) < 4.78 is 66.4. The van der Waals surface area contributed by atoms with E-state index in [4.69, 9.17) is 0 Å². The quantitative estimate of drug-likeness (QED) is 0.596. The third-order valence-corrected chi connectivity index (χ3v) is 9.93. The van der Waals surface area contributed by atoms with Crippen LogP contribution in [0.3, 0.4) is 0 Å². The Balaban J connectivity index is 2.32. The Hall–Kier alpha value is -2.51. The molecule has 4 nitrogen and oxygen atoms in total. The Kier molecular flexibility index (Phi) is 5.41. The van der Waals surface area contributed by atoms with Gasteiger partial charge in [-0.15, -0.1) is 0 Å². The topological polar surface area (TPSA) is 68.3 Å². The molecule has 0 radical (unpaired) electrons. The zero-order valence-electron chi connectivity index (χ0n) is 15.1. The van der Waals surface area contributed by atoms with Crippen LogP contribution in [0.4, 0.5) is 4.39 Å². The van der Waals surface area contributed by atoms with Crippen molar-refractivity contribution in [3.05, 3.63) is 96.6 Å². The van der Waals surface area contributed by atoms with Gasteiger partial charge < -0.3 is 0 Å². The molecule has 0 unspecified atom stereocenters. The van der Waals surface area contributed by atoms with E-state index in [0.717, 1.165) is 0 Å². The molecular weight excluding hydrogens is 399 g/mol. The largest absolute Gasteiger partial charge is 0.324 e. The number of alkyl halides is 1. The molecule has 3 rings (SSSR count). The minimum Gasteiger partial charge on any atom is -0.219 e. The molecule has 0 saturated carbocycles.